The molecule has 0 aromatic heterocycles. The maximum Gasteiger partial charge on any atom is 0.457 e. The van der Waals surface area contributed by atoms with Crippen molar-refractivity contribution in [2.75, 3.05) is 0 Å². The van der Waals surface area contributed by atoms with E-state index in [4.69, 9.17) is 0 Å². The van der Waals surface area contributed by atoms with Crippen LogP contribution in [0.25, 0.3) is 11.1 Å². The Hall–Kier alpha value is -3.64. The van der Waals surface area contributed by atoms with E-state index in [9.17, 15) is 114 Å². The molecule has 0 atom stereocenters. The van der Waals surface area contributed by atoms with E-state index in [1.165, 1.54) is 0 Å². The van der Waals surface area contributed by atoms with Crippen molar-refractivity contribution in [3.63, 3.8) is 0 Å². The molecule has 0 bridgehead atoms. The van der Waals surface area contributed by atoms with Gasteiger partial charge in [-0.1, -0.05) is 0 Å². The zero-order valence-electron chi connectivity index (χ0n) is 20.3. The van der Waals surface area contributed by atoms with Gasteiger partial charge in [0.15, 0.2) is 46.5 Å². The van der Waals surface area contributed by atoms with Crippen LogP contribution in [0.15, 0.2) is 11.1 Å². The quantitative estimate of drug-likeness (QED) is 0.127. The first-order valence-corrected chi connectivity index (χ1v) is 10.4. The molecule has 0 radical (unpaired) electrons. The molecule has 0 spiro atoms. The lowest BCUT2D eigenvalue weighted by molar-refractivity contribution is -0.321. The van der Waals surface area contributed by atoms with Gasteiger partial charge in [0.1, 0.15) is 5.57 Å². The van der Waals surface area contributed by atoms with Gasteiger partial charge in [0.25, 0.3) is 0 Å². The van der Waals surface area contributed by atoms with Crippen molar-refractivity contribution in [1.29, 1.82) is 0 Å². The van der Waals surface area contributed by atoms with E-state index >= 15 is 0 Å². The highest BCUT2D eigenvalue weighted by Gasteiger charge is 2.84. The summed E-state index contributed by atoms with van der Waals surface area (Å²) in [4.78, 5) is 0. The fourth-order valence-electron chi connectivity index (χ4n) is 4.06. The van der Waals surface area contributed by atoms with Crippen LogP contribution in [0.4, 0.5) is 114 Å². The number of benzene rings is 2. The van der Waals surface area contributed by atoms with Crippen LogP contribution >= 0.6 is 0 Å². The van der Waals surface area contributed by atoms with Crippen LogP contribution in [0.3, 0.4) is 0 Å². The molecule has 2 aromatic carbocycles. The highest BCUT2D eigenvalue weighted by molar-refractivity contribution is 5.74. The van der Waals surface area contributed by atoms with Crippen LogP contribution in [0.5, 0.6) is 0 Å². The molecule has 2 rings (SSSR count). The van der Waals surface area contributed by atoms with Crippen LogP contribution < -0.4 is 0 Å². The molecule has 0 heterocycles. The number of hydrogen-bond acceptors (Lipinski definition) is 0. The lowest BCUT2D eigenvalue weighted by Gasteiger charge is -2.44. The highest BCUT2D eigenvalue weighted by Crippen LogP contribution is 2.67. The van der Waals surface area contributed by atoms with E-state index in [0.717, 1.165) is 0 Å². The van der Waals surface area contributed by atoms with E-state index in [1.807, 2.05) is 0 Å². The number of halogens is 26. The molecular weight excluding hydrogens is 746 g/mol. The molecule has 0 aliphatic heterocycles. The lowest BCUT2D eigenvalue weighted by atomic mass is 9.65. The van der Waals surface area contributed by atoms with Crippen molar-refractivity contribution >= 4 is 0 Å². The van der Waals surface area contributed by atoms with Crippen molar-refractivity contribution in [1.82, 2.24) is 0 Å². The fourth-order valence-corrected chi connectivity index (χ4v) is 4.06. The molecule has 0 amide bonds. The van der Waals surface area contributed by atoms with Crippen LogP contribution in [0.2, 0.25) is 0 Å². The predicted octanol–water partition coefficient (Wildman–Crippen LogP) is 10.6. The molecule has 0 saturated heterocycles. The topological polar surface area (TPSA) is 0 Å². The summed E-state index contributed by atoms with van der Waals surface area (Å²) in [6.45, 7) is 0. The Morgan fingerprint density at radius 2 is 0.574 bits per heavy atom. The Bertz CT molecular complexity index is 1550. The molecule has 47 heavy (non-hydrogen) atoms. The van der Waals surface area contributed by atoms with Crippen molar-refractivity contribution < 1.29 is 114 Å². The summed E-state index contributed by atoms with van der Waals surface area (Å²) in [5, 5.41) is 0. The van der Waals surface area contributed by atoms with Crippen LogP contribution in [0.1, 0.15) is 5.56 Å². The Labute approximate surface area is 237 Å². The van der Waals surface area contributed by atoms with Crippen LogP contribution in [-0.2, 0) is 5.41 Å². The molecule has 0 N–H and O–H groups in total. The van der Waals surface area contributed by atoms with Gasteiger partial charge in [-0.15, -0.1) is 0 Å². The summed E-state index contributed by atoms with van der Waals surface area (Å²) in [5.74, 6) is -45.7. The second-order valence-electron chi connectivity index (χ2n) is 8.51. The van der Waals surface area contributed by atoms with E-state index in [1.54, 1.807) is 0 Å². The minimum Gasteiger partial charge on any atom is -0.203 e. The largest absolute Gasteiger partial charge is 0.457 e. The monoisotopic (exact) mass is 746 g/mol. The minimum absolute atomic E-state index is 3.55. The summed E-state index contributed by atoms with van der Waals surface area (Å²) in [5.41, 5.74) is -35.3. The Morgan fingerprint density at radius 3 is 0.851 bits per heavy atom. The zero-order valence-corrected chi connectivity index (χ0v) is 20.3. The molecule has 0 saturated carbocycles. The van der Waals surface area contributed by atoms with E-state index < -0.39 is 122 Å². The Kier molecular flexibility index (Phi) is 9.44. The van der Waals surface area contributed by atoms with Gasteiger partial charge in [-0.3, -0.25) is 0 Å². The van der Waals surface area contributed by atoms with Crippen molar-refractivity contribution in [3.05, 3.63) is 69.1 Å². The molecule has 0 aliphatic carbocycles. The lowest BCUT2D eigenvalue weighted by Crippen LogP contribution is -2.63. The standard InChI is InChI=1S/C21F26/c22-4-1(2-5(23)9(27)12(30)10(28)6(2)24)3(7(25)11(29)8(4)26)15(19(39,40)41,20(42,43)44)13(16(31,32)21(45,46)47)14(17(33,34)35)18(36,37)38. The Morgan fingerprint density at radius 1 is 0.298 bits per heavy atom. The molecule has 0 unspecified atom stereocenters. The molecule has 0 aliphatic rings. The molecule has 0 fully saturated rings. The maximum atomic E-state index is 15.0. The smallest absolute Gasteiger partial charge is 0.203 e. The fraction of sp³-hybridized carbons (Fsp3) is 0.333. The Balaban J connectivity index is 3.92. The van der Waals surface area contributed by atoms with E-state index in [0.29, 0.717) is 0 Å². The van der Waals surface area contributed by atoms with Gasteiger partial charge in [0.05, 0.1) is 11.1 Å². The predicted molar refractivity (Wildman–Crippen MR) is 95.4 cm³/mol. The second kappa shape index (κ2) is 11.2. The molecule has 0 nitrogen and oxygen atoms in total. The zero-order chi connectivity index (χ0) is 37.6. The number of allylic oxidation sites excluding steroid dienone is 2. The second-order valence-corrected chi connectivity index (χ2v) is 8.51. The van der Waals surface area contributed by atoms with Gasteiger partial charge in [0, 0.05) is 11.1 Å². The molecule has 2 aromatic rings. The summed E-state index contributed by atoms with van der Waals surface area (Å²) in [6, 6.07) is 0. The first kappa shape index (κ1) is 39.5. The number of alkyl halides is 17. The molecule has 266 valence electrons. The molecular formula is C21F26. The van der Waals surface area contributed by atoms with Crippen LogP contribution in [0, 0.1) is 52.4 Å². The average Bonchev–Trinajstić information content (AvgIpc) is 2.85. The number of rotatable bonds is 4. The third-order valence-corrected chi connectivity index (χ3v) is 5.81. The third kappa shape index (κ3) is 5.77. The first-order valence-electron chi connectivity index (χ1n) is 10.4. The highest BCUT2D eigenvalue weighted by atomic mass is 19.4. The van der Waals surface area contributed by atoms with Gasteiger partial charge in [-0.05, 0) is 0 Å². The third-order valence-electron chi connectivity index (χ3n) is 5.81. The minimum atomic E-state index is -8.94. The van der Waals surface area contributed by atoms with Gasteiger partial charge in [-0.2, -0.15) is 74.6 Å². The summed E-state index contributed by atoms with van der Waals surface area (Å²) in [6.07, 6.45) is -43.1. The normalized spacial score (nSPS) is 14.2. The summed E-state index contributed by atoms with van der Waals surface area (Å²) < 4.78 is 364. The van der Waals surface area contributed by atoms with Crippen molar-refractivity contribution in [3.8, 4) is 11.1 Å². The maximum absolute atomic E-state index is 15.0. The van der Waals surface area contributed by atoms with Gasteiger partial charge in [0.2, 0.25) is 11.2 Å². The SMILES string of the molecule is Fc1c(F)c(F)c(-c2c(F)c(F)c(F)c(F)c2C(C(=C(C(F)(F)F)C(F)(F)F)C(F)(F)C(F)(F)F)(C(F)(F)F)C(F)(F)F)c(F)c1F. The summed E-state index contributed by atoms with van der Waals surface area (Å²) >= 11 is 0. The first-order chi connectivity index (χ1) is 20.6. The average molecular weight is 746 g/mol. The number of hydrogen-bond donors (Lipinski definition) is 0. The van der Waals surface area contributed by atoms with Crippen LogP contribution in [-0.4, -0.2) is 36.8 Å². The van der Waals surface area contributed by atoms with Crippen molar-refractivity contribution in [2.45, 2.75) is 42.2 Å². The van der Waals surface area contributed by atoms with E-state index in [-0.39, 0.29) is 0 Å². The van der Waals surface area contributed by atoms with Crippen molar-refractivity contribution in [2.24, 2.45) is 0 Å². The van der Waals surface area contributed by atoms with Gasteiger partial charge in [-0.25, -0.2) is 39.5 Å². The van der Waals surface area contributed by atoms with E-state index in [2.05, 4.69) is 0 Å². The van der Waals surface area contributed by atoms with Gasteiger partial charge >= 0.3 is 36.8 Å². The molecule has 26 heteroatoms. The van der Waals surface area contributed by atoms with Gasteiger partial charge < -0.3 is 0 Å². The summed E-state index contributed by atoms with van der Waals surface area (Å²) in [7, 11) is 0.